The number of hydrogen-bond acceptors (Lipinski definition) is 3. The topological polar surface area (TPSA) is 63.6 Å². The van der Waals surface area contributed by atoms with E-state index in [4.69, 9.17) is 5.73 Å². The second-order valence-corrected chi connectivity index (χ2v) is 5.65. The third-order valence-corrected chi connectivity index (χ3v) is 4.27. The lowest BCUT2D eigenvalue weighted by Crippen LogP contribution is -2.31. The van der Waals surface area contributed by atoms with Gasteiger partial charge in [0.1, 0.15) is 0 Å². The van der Waals surface area contributed by atoms with Crippen LogP contribution < -0.4 is 5.73 Å². The zero-order valence-corrected chi connectivity index (χ0v) is 11.7. The number of carbonyl (C=O) groups excluding carboxylic acids is 1. The molecule has 2 atom stereocenters. The lowest BCUT2D eigenvalue weighted by molar-refractivity contribution is -0.129. The lowest BCUT2D eigenvalue weighted by Gasteiger charge is -2.15. The zero-order chi connectivity index (χ0) is 14.1. The third-order valence-electron chi connectivity index (χ3n) is 4.27. The molecule has 3 heterocycles. The molecule has 0 aromatic carbocycles. The molecule has 5 heteroatoms. The summed E-state index contributed by atoms with van der Waals surface area (Å²) in [4.78, 5) is 14.4. The molecule has 0 saturated carbocycles. The highest BCUT2D eigenvalue weighted by Crippen LogP contribution is 2.23. The Labute approximate surface area is 118 Å². The Morgan fingerprint density at radius 2 is 2.30 bits per heavy atom. The molecule has 106 valence electrons. The van der Waals surface area contributed by atoms with Gasteiger partial charge in [0.2, 0.25) is 5.91 Å². The second-order valence-electron chi connectivity index (χ2n) is 5.65. The first-order valence-corrected chi connectivity index (χ1v) is 7.08. The van der Waals surface area contributed by atoms with E-state index in [1.54, 1.807) is 10.7 Å². The summed E-state index contributed by atoms with van der Waals surface area (Å²) in [6, 6.07) is 5.89. The Bertz CT molecular complexity index is 621. The molecular weight excluding hydrogens is 252 g/mol. The van der Waals surface area contributed by atoms with Crippen LogP contribution in [0.15, 0.2) is 30.6 Å². The van der Waals surface area contributed by atoms with Crippen LogP contribution in [0.2, 0.25) is 0 Å². The summed E-state index contributed by atoms with van der Waals surface area (Å²) < 4.78 is 1.80. The Morgan fingerprint density at radius 3 is 3.05 bits per heavy atom. The van der Waals surface area contributed by atoms with Crippen LogP contribution >= 0.6 is 0 Å². The monoisotopic (exact) mass is 272 g/mol. The van der Waals surface area contributed by atoms with Crippen molar-refractivity contribution in [3.8, 4) is 0 Å². The number of amides is 1. The van der Waals surface area contributed by atoms with Gasteiger partial charge in [0, 0.05) is 24.8 Å². The predicted molar refractivity (Wildman–Crippen MR) is 77.2 cm³/mol. The fourth-order valence-electron chi connectivity index (χ4n) is 2.94. The first-order valence-electron chi connectivity index (χ1n) is 7.08. The molecule has 2 aromatic rings. The number of carbonyl (C=O) groups is 1. The van der Waals surface area contributed by atoms with Crippen LogP contribution in [0.1, 0.15) is 12.5 Å². The van der Waals surface area contributed by atoms with Crippen molar-refractivity contribution in [2.45, 2.75) is 13.3 Å². The van der Waals surface area contributed by atoms with Crippen LogP contribution in [-0.4, -0.2) is 40.1 Å². The van der Waals surface area contributed by atoms with E-state index in [1.165, 1.54) is 0 Å². The summed E-state index contributed by atoms with van der Waals surface area (Å²) in [6.45, 7) is 4.43. The normalized spacial score (nSPS) is 22.6. The molecule has 1 fully saturated rings. The van der Waals surface area contributed by atoms with Crippen molar-refractivity contribution < 1.29 is 4.79 Å². The molecular formula is C15H20N4O. The number of hydrogen-bond donors (Lipinski definition) is 1. The molecule has 5 nitrogen and oxygen atoms in total. The number of pyridine rings is 1. The lowest BCUT2D eigenvalue weighted by atomic mass is 9.99. The Hall–Kier alpha value is -1.88. The van der Waals surface area contributed by atoms with Crippen molar-refractivity contribution in [2.24, 2.45) is 17.6 Å². The molecule has 0 bridgehead atoms. The summed E-state index contributed by atoms with van der Waals surface area (Å²) in [5, 5.41) is 4.27. The minimum absolute atomic E-state index is 0.173. The van der Waals surface area contributed by atoms with Crippen molar-refractivity contribution in [1.82, 2.24) is 14.5 Å². The Balaban J connectivity index is 1.73. The SMILES string of the molecule is CC1CN(C(=O)Cc2cnn3ccccc23)CC1CN. The minimum Gasteiger partial charge on any atom is -0.342 e. The predicted octanol–water partition coefficient (Wildman–Crippen LogP) is 0.930. The van der Waals surface area contributed by atoms with Gasteiger partial charge in [-0.25, -0.2) is 4.52 Å². The van der Waals surface area contributed by atoms with Gasteiger partial charge in [-0.05, 0) is 30.5 Å². The second kappa shape index (κ2) is 5.25. The van der Waals surface area contributed by atoms with Gasteiger partial charge in [0.25, 0.3) is 0 Å². The minimum atomic E-state index is 0.173. The molecule has 0 radical (unpaired) electrons. The van der Waals surface area contributed by atoms with Gasteiger partial charge in [-0.1, -0.05) is 13.0 Å². The van der Waals surface area contributed by atoms with Gasteiger partial charge in [0.05, 0.1) is 18.1 Å². The molecule has 2 unspecified atom stereocenters. The zero-order valence-electron chi connectivity index (χ0n) is 11.7. The van der Waals surface area contributed by atoms with Crippen LogP contribution in [0.25, 0.3) is 5.52 Å². The molecule has 1 saturated heterocycles. The maximum absolute atomic E-state index is 12.4. The first-order chi connectivity index (χ1) is 9.69. The van der Waals surface area contributed by atoms with Gasteiger partial charge in [-0.3, -0.25) is 4.79 Å². The Kier molecular flexibility index (Phi) is 3.44. The van der Waals surface area contributed by atoms with E-state index >= 15 is 0 Å². The molecule has 1 aliphatic heterocycles. The molecule has 1 amide bonds. The fourth-order valence-corrected chi connectivity index (χ4v) is 2.94. The molecule has 20 heavy (non-hydrogen) atoms. The number of nitrogens with two attached hydrogens (primary N) is 1. The molecule has 0 spiro atoms. The number of fused-ring (bicyclic) bond motifs is 1. The number of rotatable bonds is 3. The highest BCUT2D eigenvalue weighted by Gasteiger charge is 2.31. The van der Waals surface area contributed by atoms with Crippen LogP contribution in [0.5, 0.6) is 0 Å². The first kappa shape index (κ1) is 13.1. The summed E-state index contributed by atoms with van der Waals surface area (Å²) in [5.41, 5.74) is 7.73. The maximum Gasteiger partial charge on any atom is 0.227 e. The van der Waals surface area contributed by atoms with E-state index in [2.05, 4.69) is 12.0 Å². The summed E-state index contributed by atoms with van der Waals surface area (Å²) in [6.07, 6.45) is 4.09. The number of nitrogens with zero attached hydrogens (tertiary/aromatic N) is 3. The van der Waals surface area contributed by atoms with Gasteiger partial charge in [0.15, 0.2) is 0 Å². The quantitative estimate of drug-likeness (QED) is 0.904. The molecule has 2 N–H and O–H groups in total. The van der Waals surface area contributed by atoms with E-state index in [0.29, 0.717) is 24.8 Å². The van der Waals surface area contributed by atoms with E-state index in [9.17, 15) is 4.79 Å². The fraction of sp³-hybridized carbons (Fsp3) is 0.467. The smallest absolute Gasteiger partial charge is 0.227 e. The van der Waals surface area contributed by atoms with Crippen molar-refractivity contribution in [3.05, 3.63) is 36.2 Å². The summed E-state index contributed by atoms with van der Waals surface area (Å²) >= 11 is 0. The van der Waals surface area contributed by atoms with Crippen LogP contribution in [0.3, 0.4) is 0 Å². The molecule has 2 aromatic heterocycles. The summed E-state index contributed by atoms with van der Waals surface area (Å²) in [5.74, 6) is 1.10. The average Bonchev–Trinajstić information content (AvgIpc) is 3.03. The highest BCUT2D eigenvalue weighted by atomic mass is 16.2. The van der Waals surface area contributed by atoms with Crippen LogP contribution in [0, 0.1) is 11.8 Å². The Morgan fingerprint density at radius 1 is 1.45 bits per heavy atom. The van der Waals surface area contributed by atoms with Crippen molar-refractivity contribution in [2.75, 3.05) is 19.6 Å². The van der Waals surface area contributed by atoms with Crippen LogP contribution in [0.4, 0.5) is 0 Å². The standard InChI is InChI=1S/C15H20N4O/c1-11-9-18(10-13(11)7-16)15(20)6-12-8-17-19-5-3-2-4-14(12)19/h2-5,8,11,13H,6-7,9-10,16H2,1H3. The van der Waals surface area contributed by atoms with E-state index in [0.717, 1.165) is 24.2 Å². The maximum atomic E-state index is 12.4. The number of aromatic nitrogens is 2. The number of likely N-dealkylation sites (tertiary alicyclic amines) is 1. The van der Waals surface area contributed by atoms with E-state index < -0.39 is 0 Å². The van der Waals surface area contributed by atoms with Crippen molar-refractivity contribution in [3.63, 3.8) is 0 Å². The highest BCUT2D eigenvalue weighted by molar-refractivity contribution is 5.81. The molecule has 3 rings (SSSR count). The molecule has 1 aliphatic rings. The van der Waals surface area contributed by atoms with Gasteiger partial charge < -0.3 is 10.6 Å². The van der Waals surface area contributed by atoms with Crippen LogP contribution in [-0.2, 0) is 11.2 Å². The largest absolute Gasteiger partial charge is 0.342 e. The van der Waals surface area contributed by atoms with Gasteiger partial charge in [-0.2, -0.15) is 5.10 Å². The van der Waals surface area contributed by atoms with Crippen molar-refractivity contribution in [1.29, 1.82) is 0 Å². The molecule has 0 aliphatic carbocycles. The average molecular weight is 272 g/mol. The van der Waals surface area contributed by atoms with E-state index in [1.807, 2.05) is 29.3 Å². The third kappa shape index (κ3) is 2.29. The van der Waals surface area contributed by atoms with Crippen molar-refractivity contribution >= 4 is 11.4 Å². The van der Waals surface area contributed by atoms with E-state index in [-0.39, 0.29) is 5.91 Å². The van der Waals surface area contributed by atoms with Gasteiger partial charge in [-0.15, -0.1) is 0 Å². The van der Waals surface area contributed by atoms with Gasteiger partial charge >= 0.3 is 0 Å². The summed E-state index contributed by atoms with van der Waals surface area (Å²) in [7, 11) is 0.